The van der Waals surface area contributed by atoms with Crippen molar-refractivity contribution in [2.24, 2.45) is 5.92 Å². The van der Waals surface area contributed by atoms with Crippen LogP contribution in [0.2, 0.25) is 10.0 Å². The van der Waals surface area contributed by atoms with Crippen molar-refractivity contribution < 1.29 is 23.9 Å². The Labute approximate surface area is 161 Å². The van der Waals surface area contributed by atoms with E-state index < -0.39 is 12.6 Å². The van der Waals surface area contributed by atoms with E-state index in [9.17, 15) is 14.4 Å². The van der Waals surface area contributed by atoms with Gasteiger partial charge in [-0.05, 0) is 31.9 Å². The number of carbonyl (C=O) groups is 3. The van der Waals surface area contributed by atoms with Crippen LogP contribution in [-0.2, 0) is 19.1 Å². The van der Waals surface area contributed by atoms with Gasteiger partial charge in [0.1, 0.15) is 0 Å². The fourth-order valence-electron chi connectivity index (χ4n) is 2.67. The van der Waals surface area contributed by atoms with E-state index >= 15 is 0 Å². The molecular formula is C17H20Cl2N2O5. The molecule has 0 saturated carbocycles. The molecule has 1 amide bonds. The topological polar surface area (TPSA) is 98.9 Å². The molecule has 0 aromatic heterocycles. The lowest BCUT2D eigenvalue weighted by Crippen LogP contribution is -2.42. The van der Waals surface area contributed by atoms with Crippen molar-refractivity contribution in [3.63, 3.8) is 0 Å². The van der Waals surface area contributed by atoms with Crippen molar-refractivity contribution in [1.29, 1.82) is 0 Å². The van der Waals surface area contributed by atoms with E-state index in [1.54, 1.807) is 11.8 Å². The maximum atomic E-state index is 12.2. The molecule has 2 rings (SSSR count). The quantitative estimate of drug-likeness (QED) is 0.599. The Balaban J connectivity index is 1.86. The Morgan fingerprint density at radius 3 is 2.46 bits per heavy atom. The highest BCUT2D eigenvalue weighted by Crippen LogP contribution is 2.28. The van der Waals surface area contributed by atoms with Crippen molar-refractivity contribution in [3.8, 4) is 0 Å². The molecule has 1 heterocycles. The molecular weight excluding hydrogens is 383 g/mol. The summed E-state index contributed by atoms with van der Waals surface area (Å²) >= 11 is 11.7. The lowest BCUT2D eigenvalue weighted by molar-refractivity contribution is -0.151. The molecule has 9 heteroatoms. The van der Waals surface area contributed by atoms with Gasteiger partial charge in [-0.2, -0.15) is 0 Å². The molecule has 0 spiro atoms. The van der Waals surface area contributed by atoms with Gasteiger partial charge in [-0.3, -0.25) is 9.59 Å². The minimum atomic E-state index is -0.776. The molecule has 1 fully saturated rings. The number of hydrogen-bond acceptors (Lipinski definition) is 6. The second-order valence-corrected chi connectivity index (χ2v) is 6.68. The summed E-state index contributed by atoms with van der Waals surface area (Å²) < 4.78 is 10.0. The number of ether oxygens (including phenoxy) is 2. The number of likely N-dealkylation sites (tertiary alicyclic amines) is 1. The van der Waals surface area contributed by atoms with Crippen molar-refractivity contribution in [1.82, 2.24) is 4.90 Å². The Hall–Kier alpha value is -1.99. The Kier molecular flexibility index (Phi) is 7.11. The lowest BCUT2D eigenvalue weighted by Gasteiger charge is -2.30. The van der Waals surface area contributed by atoms with Crippen LogP contribution < -0.4 is 5.73 Å². The van der Waals surface area contributed by atoms with Crippen LogP contribution >= 0.6 is 23.2 Å². The smallest absolute Gasteiger partial charge is 0.340 e. The number of hydrogen-bond donors (Lipinski definition) is 1. The molecule has 1 aromatic carbocycles. The molecule has 1 aliphatic rings. The zero-order valence-electron chi connectivity index (χ0n) is 14.3. The number of nitrogens with zero attached hydrogens (tertiary/aromatic N) is 1. The molecule has 1 aliphatic heterocycles. The van der Waals surface area contributed by atoms with Crippen LogP contribution in [-0.4, -0.2) is 49.0 Å². The minimum Gasteiger partial charge on any atom is -0.466 e. The first-order valence-electron chi connectivity index (χ1n) is 8.19. The number of piperidine rings is 1. The van der Waals surface area contributed by atoms with Gasteiger partial charge in [0.2, 0.25) is 0 Å². The predicted molar refractivity (Wildman–Crippen MR) is 97.1 cm³/mol. The molecule has 26 heavy (non-hydrogen) atoms. The third kappa shape index (κ3) is 5.02. The first-order chi connectivity index (χ1) is 12.3. The maximum Gasteiger partial charge on any atom is 0.340 e. The normalized spacial score (nSPS) is 14.8. The molecule has 1 aromatic rings. The fraction of sp³-hybridized carbons (Fsp3) is 0.471. The van der Waals surface area contributed by atoms with Crippen LogP contribution in [0.3, 0.4) is 0 Å². The number of nitrogen functional groups attached to an aromatic ring is 1. The second-order valence-electron chi connectivity index (χ2n) is 5.83. The number of rotatable bonds is 5. The molecule has 0 aliphatic carbocycles. The van der Waals surface area contributed by atoms with Crippen LogP contribution in [0.25, 0.3) is 0 Å². The Morgan fingerprint density at radius 1 is 1.19 bits per heavy atom. The SMILES string of the molecule is CCOC(=O)C1CCN(C(=O)COC(=O)c2cc(Cl)cc(Cl)c2N)CC1. The van der Waals surface area contributed by atoms with Gasteiger partial charge in [0.25, 0.3) is 5.91 Å². The summed E-state index contributed by atoms with van der Waals surface area (Å²) in [7, 11) is 0. The number of esters is 2. The van der Waals surface area contributed by atoms with Crippen molar-refractivity contribution in [3.05, 3.63) is 27.7 Å². The van der Waals surface area contributed by atoms with Crippen LogP contribution in [0, 0.1) is 5.92 Å². The van der Waals surface area contributed by atoms with Crippen molar-refractivity contribution in [2.45, 2.75) is 19.8 Å². The third-order valence-electron chi connectivity index (χ3n) is 4.11. The molecule has 0 bridgehead atoms. The van der Waals surface area contributed by atoms with E-state index in [2.05, 4.69) is 0 Å². The highest BCUT2D eigenvalue weighted by Gasteiger charge is 2.28. The number of carbonyl (C=O) groups excluding carboxylic acids is 3. The predicted octanol–water partition coefficient (Wildman–Crippen LogP) is 2.53. The molecule has 0 atom stereocenters. The summed E-state index contributed by atoms with van der Waals surface area (Å²) in [4.78, 5) is 37.6. The Bertz CT molecular complexity index is 703. The second kappa shape index (κ2) is 9.09. The highest BCUT2D eigenvalue weighted by molar-refractivity contribution is 6.37. The summed E-state index contributed by atoms with van der Waals surface area (Å²) in [6, 6.07) is 2.74. The minimum absolute atomic E-state index is 0.0105. The molecule has 7 nitrogen and oxygen atoms in total. The zero-order chi connectivity index (χ0) is 19.3. The number of benzene rings is 1. The van der Waals surface area contributed by atoms with Crippen LogP contribution in [0.1, 0.15) is 30.1 Å². The summed E-state index contributed by atoms with van der Waals surface area (Å²) in [5, 5.41) is 0.375. The van der Waals surface area contributed by atoms with Gasteiger partial charge in [-0.1, -0.05) is 23.2 Å². The first-order valence-corrected chi connectivity index (χ1v) is 8.95. The van der Waals surface area contributed by atoms with Gasteiger partial charge in [0.15, 0.2) is 6.61 Å². The summed E-state index contributed by atoms with van der Waals surface area (Å²) in [6.45, 7) is 2.48. The van der Waals surface area contributed by atoms with Crippen LogP contribution in [0.15, 0.2) is 12.1 Å². The van der Waals surface area contributed by atoms with E-state index in [1.165, 1.54) is 12.1 Å². The largest absolute Gasteiger partial charge is 0.466 e. The Morgan fingerprint density at radius 2 is 1.85 bits per heavy atom. The van der Waals surface area contributed by atoms with Crippen molar-refractivity contribution >= 4 is 46.7 Å². The average molecular weight is 403 g/mol. The maximum absolute atomic E-state index is 12.2. The third-order valence-corrected chi connectivity index (χ3v) is 4.64. The van der Waals surface area contributed by atoms with Gasteiger partial charge < -0.3 is 20.1 Å². The number of amides is 1. The van der Waals surface area contributed by atoms with Crippen LogP contribution in [0.4, 0.5) is 5.69 Å². The number of anilines is 1. The molecule has 0 unspecified atom stereocenters. The van der Waals surface area contributed by atoms with Gasteiger partial charge in [-0.15, -0.1) is 0 Å². The molecule has 0 radical (unpaired) electrons. The monoisotopic (exact) mass is 402 g/mol. The highest BCUT2D eigenvalue weighted by atomic mass is 35.5. The fourth-order valence-corrected chi connectivity index (χ4v) is 3.17. The molecule has 1 saturated heterocycles. The standard InChI is InChI=1S/C17H20Cl2N2O5/c1-2-25-16(23)10-3-5-21(6-4-10)14(22)9-26-17(24)12-7-11(18)8-13(19)15(12)20/h7-8,10H,2-6,9,20H2,1H3. The number of nitrogens with two attached hydrogens (primary N) is 1. The van der Waals surface area contributed by atoms with E-state index in [-0.39, 0.29) is 39.1 Å². The van der Waals surface area contributed by atoms with Gasteiger partial charge >= 0.3 is 11.9 Å². The van der Waals surface area contributed by atoms with E-state index in [0.717, 1.165) is 0 Å². The first kappa shape index (κ1) is 20.3. The van der Waals surface area contributed by atoms with Gasteiger partial charge in [-0.25, -0.2) is 4.79 Å². The molecule has 2 N–H and O–H groups in total. The summed E-state index contributed by atoms with van der Waals surface area (Å²) in [6.07, 6.45) is 1.05. The van der Waals surface area contributed by atoms with E-state index in [0.29, 0.717) is 32.5 Å². The number of halogens is 2. The average Bonchev–Trinajstić information content (AvgIpc) is 2.62. The molecule has 142 valence electrons. The zero-order valence-corrected chi connectivity index (χ0v) is 15.8. The van der Waals surface area contributed by atoms with Crippen molar-refractivity contribution in [2.75, 3.05) is 32.0 Å². The van der Waals surface area contributed by atoms with E-state index in [1.807, 2.05) is 0 Å². The van der Waals surface area contributed by atoms with E-state index in [4.69, 9.17) is 38.4 Å². The lowest BCUT2D eigenvalue weighted by atomic mass is 9.97. The van der Waals surface area contributed by atoms with Crippen LogP contribution in [0.5, 0.6) is 0 Å². The van der Waals surface area contributed by atoms with Gasteiger partial charge in [0, 0.05) is 18.1 Å². The summed E-state index contributed by atoms with van der Waals surface area (Å²) in [5.41, 5.74) is 5.79. The summed E-state index contributed by atoms with van der Waals surface area (Å²) in [5.74, 6) is -1.55. The van der Waals surface area contributed by atoms with Gasteiger partial charge in [0.05, 0.1) is 28.8 Å².